The Morgan fingerprint density at radius 3 is 3.05 bits per heavy atom. The van der Waals surface area contributed by atoms with E-state index >= 15 is 0 Å². The first-order chi connectivity index (χ1) is 8.99. The van der Waals surface area contributed by atoms with Gasteiger partial charge in [0, 0.05) is 22.4 Å². The summed E-state index contributed by atoms with van der Waals surface area (Å²) in [6, 6.07) is 4.84. The average Bonchev–Trinajstić information content (AvgIpc) is 2.80. The summed E-state index contributed by atoms with van der Waals surface area (Å²) in [6.07, 6.45) is 3.49. The second-order valence-electron chi connectivity index (χ2n) is 4.77. The van der Waals surface area contributed by atoms with E-state index in [0.29, 0.717) is 23.8 Å². The van der Waals surface area contributed by atoms with E-state index in [0.717, 1.165) is 4.47 Å². The first kappa shape index (κ1) is 12.3. The molecule has 98 valence electrons. The Bertz CT molecular complexity index is 679. The maximum Gasteiger partial charge on any atom is 0.175 e. The van der Waals surface area contributed by atoms with Crippen LogP contribution in [0.5, 0.6) is 0 Å². The molecule has 6 heteroatoms. The number of aromatic nitrogens is 2. The van der Waals surface area contributed by atoms with Gasteiger partial charge < -0.3 is 10.3 Å². The molecule has 0 aliphatic carbocycles. The minimum atomic E-state index is -0.731. The van der Waals surface area contributed by atoms with Crippen molar-refractivity contribution in [1.82, 2.24) is 9.55 Å². The number of aliphatic imine (C=N–C) groups is 1. The van der Waals surface area contributed by atoms with E-state index in [1.54, 1.807) is 18.3 Å². The number of hydrogen-bond acceptors (Lipinski definition) is 3. The molecule has 1 aromatic heterocycles. The monoisotopic (exact) mass is 322 g/mol. The van der Waals surface area contributed by atoms with Crippen molar-refractivity contribution in [3.63, 3.8) is 0 Å². The Kier molecular flexibility index (Phi) is 2.70. The van der Waals surface area contributed by atoms with Crippen LogP contribution in [0.25, 0.3) is 0 Å². The molecule has 19 heavy (non-hydrogen) atoms. The SMILES string of the molecule is C[C@@]1(c2cc(Br)ccc2F)Cn2ccnc2C(N)=N1. The second-order valence-corrected chi connectivity index (χ2v) is 5.69. The lowest BCUT2D eigenvalue weighted by Crippen LogP contribution is -2.37. The largest absolute Gasteiger partial charge is 0.381 e. The van der Waals surface area contributed by atoms with E-state index in [-0.39, 0.29) is 5.82 Å². The number of halogens is 2. The minimum Gasteiger partial charge on any atom is -0.381 e. The Hall–Kier alpha value is -1.69. The fraction of sp³-hybridized carbons (Fsp3) is 0.231. The molecule has 0 unspecified atom stereocenters. The van der Waals surface area contributed by atoms with Crippen LogP contribution in [0.3, 0.4) is 0 Å². The molecule has 1 aliphatic rings. The molecule has 0 bridgehead atoms. The number of nitrogens with two attached hydrogens (primary N) is 1. The quantitative estimate of drug-likeness (QED) is 0.876. The van der Waals surface area contributed by atoms with Gasteiger partial charge in [0.15, 0.2) is 11.7 Å². The second kappa shape index (κ2) is 4.16. The predicted molar refractivity (Wildman–Crippen MR) is 74.4 cm³/mol. The highest BCUT2D eigenvalue weighted by atomic mass is 79.9. The van der Waals surface area contributed by atoms with E-state index in [2.05, 4.69) is 25.9 Å². The highest BCUT2D eigenvalue weighted by Crippen LogP contribution is 2.34. The lowest BCUT2D eigenvalue weighted by molar-refractivity contribution is 0.383. The van der Waals surface area contributed by atoms with Crippen molar-refractivity contribution < 1.29 is 4.39 Å². The fourth-order valence-corrected chi connectivity index (χ4v) is 2.77. The summed E-state index contributed by atoms with van der Waals surface area (Å²) >= 11 is 3.36. The molecule has 1 atom stereocenters. The smallest absolute Gasteiger partial charge is 0.175 e. The van der Waals surface area contributed by atoms with Crippen LogP contribution in [0, 0.1) is 5.82 Å². The van der Waals surface area contributed by atoms with Crippen LogP contribution in [0.4, 0.5) is 4.39 Å². The van der Waals surface area contributed by atoms with Gasteiger partial charge in [0.05, 0.1) is 6.54 Å². The number of benzene rings is 1. The van der Waals surface area contributed by atoms with Crippen LogP contribution >= 0.6 is 15.9 Å². The number of imidazole rings is 1. The topological polar surface area (TPSA) is 56.2 Å². The highest BCUT2D eigenvalue weighted by Gasteiger charge is 2.34. The van der Waals surface area contributed by atoms with Crippen molar-refractivity contribution in [3.05, 3.63) is 52.3 Å². The molecule has 0 saturated carbocycles. The van der Waals surface area contributed by atoms with Crippen LogP contribution in [0.2, 0.25) is 0 Å². The number of amidine groups is 1. The Morgan fingerprint density at radius 2 is 2.26 bits per heavy atom. The maximum absolute atomic E-state index is 14.1. The predicted octanol–water partition coefficient (Wildman–Crippen LogP) is 2.42. The molecule has 2 aromatic rings. The molecule has 4 nitrogen and oxygen atoms in total. The molecular formula is C13H12BrFN4. The number of hydrogen-bond donors (Lipinski definition) is 1. The Balaban J connectivity index is 2.15. The summed E-state index contributed by atoms with van der Waals surface area (Å²) in [5, 5.41) is 0. The molecule has 3 rings (SSSR count). The highest BCUT2D eigenvalue weighted by molar-refractivity contribution is 9.10. The minimum absolute atomic E-state index is 0.286. The summed E-state index contributed by atoms with van der Waals surface area (Å²) in [6.45, 7) is 2.38. The first-order valence-electron chi connectivity index (χ1n) is 5.82. The fourth-order valence-electron chi connectivity index (χ4n) is 2.41. The molecular weight excluding hydrogens is 311 g/mol. The molecule has 0 amide bonds. The van der Waals surface area contributed by atoms with Gasteiger partial charge in [-0.25, -0.2) is 9.37 Å². The van der Waals surface area contributed by atoms with Gasteiger partial charge in [-0.2, -0.15) is 0 Å². The van der Waals surface area contributed by atoms with Crippen molar-refractivity contribution in [3.8, 4) is 0 Å². The summed E-state index contributed by atoms with van der Waals surface area (Å²) in [5.41, 5.74) is 5.71. The van der Waals surface area contributed by atoms with Gasteiger partial charge in [0.25, 0.3) is 0 Å². The van der Waals surface area contributed by atoms with Gasteiger partial charge in [-0.1, -0.05) is 15.9 Å². The molecule has 0 radical (unpaired) electrons. The van der Waals surface area contributed by atoms with E-state index in [1.807, 2.05) is 17.7 Å². The van der Waals surface area contributed by atoms with E-state index in [4.69, 9.17) is 5.73 Å². The zero-order valence-corrected chi connectivity index (χ0v) is 11.9. The number of nitrogens with zero attached hydrogens (tertiary/aromatic N) is 3. The number of fused-ring (bicyclic) bond motifs is 1. The maximum atomic E-state index is 14.1. The average molecular weight is 323 g/mol. The molecule has 1 aromatic carbocycles. The van der Waals surface area contributed by atoms with Gasteiger partial charge in [-0.05, 0) is 25.1 Å². The first-order valence-corrected chi connectivity index (χ1v) is 6.61. The van der Waals surface area contributed by atoms with E-state index in [1.165, 1.54) is 6.07 Å². The van der Waals surface area contributed by atoms with Crippen LogP contribution in [-0.2, 0) is 12.1 Å². The lowest BCUT2D eigenvalue weighted by atomic mass is 9.91. The molecule has 1 aliphatic heterocycles. The molecule has 2 N–H and O–H groups in total. The van der Waals surface area contributed by atoms with E-state index in [9.17, 15) is 4.39 Å². The van der Waals surface area contributed by atoms with Crippen molar-refractivity contribution >= 4 is 21.8 Å². The van der Waals surface area contributed by atoms with Gasteiger partial charge in [0.1, 0.15) is 11.4 Å². The van der Waals surface area contributed by atoms with Crippen LogP contribution in [-0.4, -0.2) is 15.4 Å². The molecule has 0 spiro atoms. The summed E-state index contributed by atoms with van der Waals surface area (Å²) in [4.78, 5) is 8.59. The standard InChI is InChI=1S/C13H12BrFN4/c1-13(9-6-8(14)2-3-10(9)15)7-19-5-4-17-12(19)11(16)18-13/h2-6H,7H2,1H3,(H2,16,18)/t13-/m0/s1. The van der Waals surface area contributed by atoms with Crippen molar-refractivity contribution in [1.29, 1.82) is 0 Å². The van der Waals surface area contributed by atoms with Gasteiger partial charge in [-0.3, -0.25) is 4.99 Å². The van der Waals surface area contributed by atoms with Gasteiger partial charge >= 0.3 is 0 Å². The van der Waals surface area contributed by atoms with Crippen molar-refractivity contribution in [2.45, 2.75) is 19.0 Å². The van der Waals surface area contributed by atoms with Gasteiger partial charge in [0.2, 0.25) is 0 Å². The molecule has 0 saturated heterocycles. The van der Waals surface area contributed by atoms with Crippen LogP contribution in [0.1, 0.15) is 18.3 Å². The normalized spacial score (nSPS) is 21.9. The summed E-state index contributed by atoms with van der Waals surface area (Å²) in [7, 11) is 0. The molecule has 2 heterocycles. The third-order valence-corrected chi connectivity index (χ3v) is 3.79. The third kappa shape index (κ3) is 1.96. The lowest BCUT2D eigenvalue weighted by Gasteiger charge is -2.31. The van der Waals surface area contributed by atoms with Crippen molar-refractivity contribution in [2.75, 3.05) is 0 Å². The zero-order valence-electron chi connectivity index (χ0n) is 10.3. The zero-order chi connectivity index (χ0) is 13.6. The van der Waals surface area contributed by atoms with Gasteiger partial charge in [-0.15, -0.1) is 0 Å². The van der Waals surface area contributed by atoms with E-state index < -0.39 is 5.54 Å². The number of rotatable bonds is 1. The Morgan fingerprint density at radius 1 is 1.47 bits per heavy atom. The van der Waals surface area contributed by atoms with Crippen molar-refractivity contribution in [2.24, 2.45) is 10.7 Å². The summed E-state index contributed by atoms with van der Waals surface area (Å²) < 4.78 is 16.8. The third-order valence-electron chi connectivity index (χ3n) is 3.30. The summed E-state index contributed by atoms with van der Waals surface area (Å²) in [5.74, 6) is 0.678. The Labute approximate surface area is 118 Å². The molecule has 0 fully saturated rings. The van der Waals surface area contributed by atoms with Crippen LogP contribution in [0.15, 0.2) is 40.1 Å². The van der Waals surface area contributed by atoms with Crippen LogP contribution < -0.4 is 5.73 Å².